The van der Waals surface area contributed by atoms with Gasteiger partial charge in [0.2, 0.25) is 17.6 Å². The Morgan fingerprint density at radius 3 is 2.24 bits per heavy atom. The second-order valence-electron chi connectivity index (χ2n) is 15.9. The van der Waals surface area contributed by atoms with Crippen molar-refractivity contribution in [2.24, 2.45) is 34.3 Å². The number of nitrogens with one attached hydrogen (secondary N) is 3. The van der Waals surface area contributed by atoms with Crippen molar-refractivity contribution in [3.05, 3.63) is 35.9 Å². The van der Waals surface area contributed by atoms with Crippen LogP contribution in [0.25, 0.3) is 0 Å². The molecule has 268 valence electrons. The molecule has 5 amide bonds. The topological polar surface area (TPSA) is 186 Å². The van der Waals surface area contributed by atoms with Crippen molar-refractivity contribution in [1.29, 1.82) is 0 Å². The lowest BCUT2D eigenvalue weighted by molar-refractivity contribution is -0.156. The highest BCUT2D eigenvalue weighted by Crippen LogP contribution is 2.65. The van der Waals surface area contributed by atoms with Crippen molar-refractivity contribution < 1.29 is 38.2 Å². The van der Waals surface area contributed by atoms with E-state index in [4.69, 9.17) is 15.2 Å². The van der Waals surface area contributed by atoms with Gasteiger partial charge in [-0.2, -0.15) is 0 Å². The predicted octanol–water partition coefficient (Wildman–Crippen LogP) is 2.21. The molecule has 2 saturated heterocycles. The monoisotopic (exact) mass is 681 g/mol. The number of carbonyl (C=O) groups excluding carboxylic acids is 6. The molecule has 4 fully saturated rings. The molecule has 2 aliphatic carbocycles. The molecule has 13 heteroatoms. The van der Waals surface area contributed by atoms with E-state index in [1.165, 1.54) is 4.90 Å². The average molecular weight is 682 g/mol. The third-order valence-corrected chi connectivity index (χ3v) is 11.1. The van der Waals surface area contributed by atoms with Crippen LogP contribution in [0.3, 0.4) is 0 Å². The van der Waals surface area contributed by atoms with Crippen LogP contribution in [-0.2, 0) is 40.1 Å². The summed E-state index contributed by atoms with van der Waals surface area (Å²) in [5.41, 5.74) is 3.79. The van der Waals surface area contributed by atoms with E-state index < -0.39 is 64.6 Å². The largest absolute Gasteiger partial charge is 0.459 e. The molecule has 2 aliphatic heterocycles. The van der Waals surface area contributed by atoms with Crippen LogP contribution in [0.4, 0.5) is 4.79 Å². The number of rotatable bonds is 12. The number of piperidine rings is 1. The molecule has 5 N–H and O–H groups in total. The summed E-state index contributed by atoms with van der Waals surface area (Å²) in [4.78, 5) is 81.6. The first-order valence-electron chi connectivity index (χ1n) is 17.4. The number of nitrogens with two attached hydrogens (primary N) is 1. The number of hydrogen-bond donors (Lipinski definition) is 4. The molecular formula is C36H51N5O8. The van der Waals surface area contributed by atoms with Gasteiger partial charge in [-0.1, -0.05) is 84.2 Å². The average Bonchev–Trinajstić information content (AvgIpc) is 3.33. The summed E-state index contributed by atoms with van der Waals surface area (Å²) in [5.74, 6) is -3.41. The minimum Gasteiger partial charge on any atom is -0.459 e. The van der Waals surface area contributed by atoms with Crippen molar-refractivity contribution in [3.8, 4) is 0 Å². The number of fused-ring (bicyclic) bond motifs is 1. The van der Waals surface area contributed by atoms with Gasteiger partial charge in [0.15, 0.2) is 0 Å². The van der Waals surface area contributed by atoms with Crippen molar-refractivity contribution in [2.45, 2.75) is 103 Å². The number of carbonyl (C=O) groups is 6. The van der Waals surface area contributed by atoms with Gasteiger partial charge < -0.3 is 36.1 Å². The van der Waals surface area contributed by atoms with Crippen LogP contribution in [0.1, 0.15) is 78.7 Å². The Kier molecular flexibility index (Phi) is 10.4. The van der Waals surface area contributed by atoms with Crippen LogP contribution in [0.2, 0.25) is 0 Å². The van der Waals surface area contributed by atoms with Crippen molar-refractivity contribution in [1.82, 2.24) is 20.9 Å². The molecule has 5 rings (SSSR count). The van der Waals surface area contributed by atoms with E-state index in [1.54, 1.807) is 0 Å². The maximum absolute atomic E-state index is 14.4. The highest BCUT2D eigenvalue weighted by Gasteiger charge is 2.70. The quantitative estimate of drug-likeness (QED) is 0.191. The number of likely N-dealkylation sites (tertiary alicyclic amines) is 1. The van der Waals surface area contributed by atoms with Crippen LogP contribution >= 0.6 is 0 Å². The minimum absolute atomic E-state index is 0.0400. The zero-order chi connectivity index (χ0) is 35.7. The highest BCUT2D eigenvalue weighted by molar-refractivity contribution is 6.37. The highest BCUT2D eigenvalue weighted by atomic mass is 16.5. The maximum atomic E-state index is 14.4. The third-order valence-electron chi connectivity index (χ3n) is 11.1. The number of ketones is 1. The number of Topliss-reactive ketones (excluding diaryl/α,β-unsaturated/α-hetero) is 1. The molecule has 5 atom stereocenters. The lowest BCUT2D eigenvalue weighted by Crippen LogP contribution is -2.65. The fourth-order valence-corrected chi connectivity index (χ4v) is 7.70. The van der Waals surface area contributed by atoms with Crippen molar-refractivity contribution in [3.63, 3.8) is 0 Å². The molecule has 4 aliphatic rings. The van der Waals surface area contributed by atoms with Gasteiger partial charge in [-0.15, -0.1) is 0 Å². The number of esters is 1. The molecule has 13 nitrogen and oxygen atoms in total. The summed E-state index contributed by atoms with van der Waals surface area (Å²) >= 11 is 0. The molecule has 1 aromatic rings. The molecule has 0 radical (unpaired) electrons. The van der Waals surface area contributed by atoms with E-state index in [1.807, 2.05) is 65.0 Å². The standard InChI is InChI=1S/C36H51N5O8/c1-34(2,3)28(39-33(47)40-36(14-16-48-17-15-36)32(46)49-20-22-10-7-6-8-11-22)31(45)41-19-23-25(35(23,4)5)26(41)30(44)38-24(27(42)29(37)43)18-21-12-9-13-21/h6-8,10-11,21,23-26,28H,9,12-20H2,1-5H3,(H2,37,43)(H,38,44)(H2,39,40,47)/t23-,24?,25-,26-,28+/m0/s1. The SMILES string of the molecule is CC(C)(C)[C@H](NC(=O)NC1(C(=O)OCc2ccccc2)CCOCC1)C(=O)N1C[C@H]2[C@@H]([C@H]1C(=O)NC(CC1CCC1)C(=O)C(N)=O)C2(C)C. The number of hydrogen-bond acceptors (Lipinski definition) is 8. The lowest BCUT2D eigenvalue weighted by atomic mass is 9.80. The van der Waals surface area contributed by atoms with Gasteiger partial charge in [-0.05, 0) is 40.6 Å². The van der Waals surface area contributed by atoms with Crippen LogP contribution in [0, 0.1) is 28.6 Å². The van der Waals surface area contributed by atoms with Crippen LogP contribution in [-0.4, -0.2) is 83.8 Å². The Bertz CT molecular complexity index is 1450. The zero-order valence-electron chi connectivity index (χ0n) is 29.2. The van der Waals surface area contributed by atoms with E-state index in [9.17, 15) is 28.8 Å². The fraction of sp³-hybridized carbons (Fsp3) is 0.667. The van der Waals surface area contributed by atoms with Crippen LogP contribution in [0.15, 0.2) is 30.3 Å². The van der Waals surface area contributed by atoms with E-state index in [0.717, 1.165) is 24.8 Å². The molecule has 0 spiro atoms. The third kappa shape index (κ3) is 7.76. The summed E-state index contributed by atoms with van der Waals surface area (Å²) in [5, 5.41) is 8.43. The second kappa shape index (κ2) is 14.1. The van der Waals surface area contributed by atoms with Gasteiger partial charge >= 0.3 is 12.0 Å². The number of nitrogens with zero attached hydrogens (tertiary/aromatic N) is 1. The first kappa shape index (κ1) is 36.3. The van der Waals surface area contributed by atoms with Crippen LogP contribution < -0.4 is 21.7 Å². The second-order valence-corrected chi connectivity index (χ2v) is 15.9. The maximum Gasteiger partial charge on any atom is 0.332 e. The number of primary amides is 1. The molecule has 0 aromatic heterocycles. The molecule has 2 saturated carbocycles. The summed E-state index contributed by atoms with van der Waals surface area (Å²) in [7, 11) is 0. The molecular weight excluding hydrogens is 630 g/mol. The normalized spacial score (nSPS) is 25.1. The van der Waals surface area contributed by atoms with Gasteiger partial charge in [0.1, 0.15) is 24.2 Å². The Hall–Kier alpha value is -4.00. The Morgan fingerprint density at radius 2 is 1.67 bits per heavy atom. The fourth-order valence-electron chi connectivity index (χ4n) is 7.70. The summed E-state index contributed by atoms with van der Waals surface area (Å²) < 4.78 is 11.1. The molecule has 49 heavy (non-hydrogen) atoms. The van der Waals surface area contributed by atoms with Gasteiger partial charge in [0.25, 0.3) is 5.91 Å². The number of ether oxygens (including phenoxy) is 2. The van der Waals surface area contributed by atoms with Gasteiger partial charge in [0, 0.05) is 32.6 Å². The van der Waals surface area contributed by atoms with E-state index in [2.05, 4.69) is 16.0 Å². The number of benzene rings is 1. The van der Waals surface area contributed by atoms with Crippen molar-refractivity contribution in [2.75, 3.05) is 19.8 Å². The summed E-state index contributed by atoms with van der Waals surface area (Å²) in [6.07, 6.45) is 3.55. The first-order chi connectivity index (χ1) is 23.0. The summed E-state index contributed by atoms with van der Waals surface area (Å²) in [6.45, 7) is 10.3. The molecule has 1 aromatic carbocycles. The predicted molar refractivity (Wildman–Crippen MR) is 178 cm³/mol. The summed E-state index contributed by atoms with van der Waals surface area (Å²) in [6, 6.07) is 5.47. The molecule has 1 unspecified atom stereocenters. The van der Waals surface area contributed by atoms with Gasteiger partial charge in [-0.3, -0.25) is 19.2 Å². The van der Waals surface area contributed by atoms with E-state index in [0.29, 0.717) is 13.0 Å². The first-order valence-corrected chi connectivity index (χ1v) is 17.4. The number of urea groups is 1. The van der Waals surface area contributed by atoms with Gasteiger partial charge in [0.05, 0.1) is 6.04 Å². The number of amides is 5. The van der Waals surface area contributed by atoms with Crippen LogP contribution in [0.5, 0.6) is 0 Å². The smallest absolute Gasteiger partial charge is 0.332 e. The van der Waals surface area contributed by atoms with E-state index in [-0.39, 0.29) is 55.8 Å². The Morgan fingerprint density at radius 1 is 1.02 bits per heavy atom. The molecule has 2 heterocycles. The van der Waals surface area contributed by atoms with Crippen molar-refractivity contribution >= 4 is 35.5 Å². The molecule has 0 bridgehead atoms. The van der Waals surface area contributed by atoms with Gasteiger partial charge in [-0.25, -0.2) is 9.59 Å². The zero-order valence-corrected chi connectivity index (χ0v) is 29.2. The van der Waals surface area contributed by atoms with E-state index >= 15 is 0 Å². The lowest BCUT2D eigenvalue weighted by Gasteiger charge is -2.39. The Balaban J connectivity index is 1.31. The Labute approximate surface area is 287 Å². The minimum atomic E-state index is -1.35.